The van der Waals surface area contributed by atoms with Crippen molar-refractivity contribution in [1.82, 2.24) is 0 Å². The molecule has 0 aromatic heterocycles. The Balaban J connectivity index is 2.26. The van der Waals surface area contributed by atoms with Gasteiger partial charge in [0, 0.05) is 13.2 Å². The van der Waals surface area contributed by atoms with Crippen LogP contribution < -0.4 is 0 Å². The van der Waals surface area contributed by atoms with E-state index in [0.29, 0.717) is 12.8 Å². The molecular formula is C13H17F3O2. The highest BCUT2D eigenvalue weighted by atomic mass is 19.4. The van der Waals surface area contributed by atoms with Gasteiger partial charge < -0.3 is 9.84 Å². The van der Waals surface area contributed by atoms with Gasteiger partial charge in [0.1, 0.15) is 6.61 Å². The lowest BCUT2D eigenvalue weighted by Crippen LogP contribution is -2.19. The monoisotopic (exact) mass is 262 g/mol. The smallest absolute Gasteiger partial charge is 0.396 e. The molecule has 0 saturated carbocycles. The van der Waals surface area contributed by atoms with E-state index in [4.69, 9.17) is 5.11 Å². The van der Waals surface area contributed by atoms with Crippen LogP contribution in [0.2, 0.25) is 0 Å². The molecule has 0 radical (unpaired) electrons. The predicted octanol–water partition coefficient (Wildman–Crippen LogP) is 2.81. The molecule has 0 spiro atoms. The van der Waals surface area contributed by atoms with Gasteiger partial charge in [0.15, 0.2) is 0 Å². The Bertz CT molecular complexity index is 325. The van der Waals surface area contributed by atoms with Crippen molar-refractivity contribution in [2.45, 2.75) is 19.0 Å². The summed E-state index contributed by atoms with van der Waals surface area (Å²) in [6, 6.07) is 9.54. The van der Waals surface area contributed by atoms with E-state index in [-0.39, 0.29) is 19.1 Å². The van der Waals surface area contributed by atoms with E-state index >= 15 is 0 Å². The lowest BCUT2D eigenvalue weighted by atomic mass is 9.97. The van der Waals surface area contributed by atoms with Crippen LogP contribution in [0.1, 0.15) is 12.0 Å². The fraction of sp³-hybridized carbons (Fsp3) is 0.538. The van der Waals surface area contributed by atoms with Crippen LogP contribution in [0.25, 0.3) is 0 Å². The first kappa shape index (κ1) is 15.0. The Labute approximate surface area is 104 Å². The number of aliphatic hydroxyl groups is 1. The lowest BCUT2D eigenvalue weighted by Gasteiger charge is -2.14. The summed E-state index contributed by atoms with van der Waals surface area (Å²) < 4.78 is 40.0. The maximum absolute atomic E-state index is 11.8. The molecule has 102 valence electrons. The highest BCUT2D eigenvalue weighted by molar-refractivity contribution is 5.15. The summed E-state index contributed by atoms with van der Waals surface area (Å²) in [5, 5.41) is 9.17. The molecule has 1 N–H and O–H groups in total. The molecule has 5 heteroatoms. The van der Waals surface area contributed by atoms with E-state index in [2.05, 4.69) is 4.74 Å². The second-order valence-electron chi connectivity index (χ2n) is 4.19. The molecule has 0 aliphatic heterocycles. The first-order valence-corrected chi connectivity index (χ1v) is 5.80. The number of aliphatic hydroxyl groups excluding tert-OH is 1. The van der Waals surface area contributed by atoms with Gasteiger partial charge in [-0.15, -0.1) is 0 Å². The molecule has 0 saturated heterocycles. The predicted molar refractivity (Wildman–Crippen MR) is 62.2 cm³/mol. The van der Waals surface area contributed by atoms with Gasteiger partial charge in [-0.1, -0.05) is 30.3 Å². The van der Waals surface area contributed by atoms with E-state index in [1.54, 1.807) is 0 Å². The third-order valence-electron chi connectivity index (χ3n) is 2.56. The molecule has 1 unspecified atom stereocenters. The zero-order valence-electron chi connectivity index (χ0n) is 9.99. The van der Waals surface area contributed by atoms with Crippen LogP contribution in [0.5, 0.6) is 0 Å². The highest BCUT2D eigenvalue weighted by Crippen LogP contribution is 2.16. The minimum Gasteiger partial charge on any atom is -0.396 e. The lowest BCUT2D eigenvalue weighted by molar-refractivity contribution is -0.174. The topological polar surface area (TPSA) is 29.5 Å². The summed E-state index contributed by atoms with van der Waals surface area (Å²) in [5.74, 6) is -0.0689. The fourth-order valence-electron chi connectivity index (χ4n) is 1.64. The van der Waals surface area contributed by atoms with Crippen LogP contribution in [0, 0.1) is 5.92 Å². The summed E-state index contributed by atoms with van der Waals surface area (Å²) in [6.07, 6.45) is -3.22. The van der Waals surface area contributed by atoms with Gasteiger partial charge in [-0.05, 0) is 24.3 Å². The SMILES string of the molecule is OCC(CCOCC(F)(F)F)Cc1ccccc1. The van der Waals surface area contributed by atoms with Crippen molar-refractivity contribution in [2.75, 3.05) is 19.8 Å². The Morgan fingerprint density at radius 1 is 1.17 bits per heavy atom. The van der Waals surface area contributed by atoms with Crippen LogP contribution >= 0.6 is 0 Å². The van der Waals surface area contributed by atoms with Gasteiger partial charge in [0.2, 0.25) is 0 Å². The zero-order chi connectivity index (χ0) is 13.4. The molecule has 2 nitrogen and oxygen atoms in total. The van der Waals surface area contributed by atoms with Crippen LogP contribution in [0.15, 0.2) is 30.3 Å². The number of halogens is 3. The minimum absolute atomic E-state index is 0.0115. The molecule has 0 amide bonds. The van der Waals surface area contributed by atoms with E-state index in [0.717, 1.165) is 5.56 Å². The molecular weight excluding hydrogens is 245 g/mol. The first-order chi connectivity index (χ1) is 8.51. The van der Waals surface area contributed by atoms with Crippen LogP contribution in [0.3, 0.4) is 0 Å². The highest BCUT2D eigenvalue weighted by Gasteiger charge is 2.27. The van der Waals surface area contributed by atoms with E-state index < -0.39 is 12.8 Å². The summed E-state index contributed by atoms with van der Waals surface area (Å²) in [5.41, 5.74) is 1.06. The van der Waals surface area contributed by atoms with Crippen LogP contribution in [-0.2, 0) is 11.2 Å². The maximum atomic E-state index is 11.8. The third-order valence-corrected chi connectivity index (χ3v) is 2.56. The summed E-state index contributed by atoms with van der Waals surface area (Å²) in [7, 11) is 0. The molecule has 1 aromatic rings. The summed E-state index contributed by atoms with van der Waals surface area (Å²) in [4.78, 5) is 0. The standard InChI is InChI=1S/C13H17F3O2/c14-13(15,16)10-18-7-6-12(9-17)8-11-4-2-1-3-5-11/h1-5,12,17H,6-10H2. The van der Waals surface area contributed by atoms with Crippen molar-refractivity contribution in [2.24, 2.45) is 5.92 Å². The van der Waals surface area contributed by atoms with Crippen molar-refractivity contribution < 1.29 is 23.0 Å². The second-order valence-corrected chi connectivity index (χ2v) is 4.19. The third kappa shape index (κ3) is 6.61. The number of rotatable bonds is 7. The first-order valence-electron chi connectivity index (χ1n) is 5.80. The van der Waals surface area contributed by atoms with Crippen molar-refractivity contribution in [3.8, 4) is 0 Å². The molecule has 1 aromatic carbocycles. The molecule has 18 heavy (non-hydrogen) atoms. The van der Waals surface area contributed by atoms with Gasteiger partial charge >= 0.3 is 6.18 Å². The Kier molecular flexibility index (Phi) is 6.15. The average Bonchev–Trinajstić information content (AvgIpc) is 2.33. The molecule has 1 rings (SSSR count). The van der Waals surface area contributed by atoms with Crippen molar-refractivity contribution in [3.63, 3.8) is 0 Å². The summed E-state index contributed by atoms with van der Waals surface area (Å²) >= 11 is 0. The van der Waals surface area contributed by atoms with Gasteiger partial charge in [-0.3, -0.25) is 0 Å². The Morgan fingerprint density at radius 2 is 1.83 bits per heavy atom. The van der Waals surface area contributed by atoms with Crippen LogP contribution in [-0.4, -0.2) is 31.1 Å². The normalized spacial score (nSPS) is 13.6. The van der Waals surface area contributed by atoms with Gasteiger partial charge in [-0.25, -0.2) is 0 Å². The fourth-order valence-corrected chi connectivity index (χ4v) is 1.64. The number of alkyl halides is 3. The number of benzene rings is 1. The average molecular weight is 262 g/mol. The van der Waals surface area contributed by atoms with Crippen molar-refractivity contribution in [3.05, 3.63) is 35.9 Å². The quantitative estimate of drug-likeness (QED) is 0.766. The maximum Gasteiger partial charge on any atom is 0.411 e. The Hall–Kier alpha value is -1.07. The molecule has 1 atom stereocenters. The molecule has 0 aliphatic rings. The zero-order valence-corrected chi connectivity index (χ0v) is 9.99. The van der Waals surface area contributed by atoms with Gasteiger partial charge in [0.25, 0.3) is 0 Å². The van der Waals surface area contributed by atoms with Crippen LogP contribution in [0.4, 0.5) is 13.2 Å². The minimum atomic E-state index is -4.28. The van der Waals surface area contributed by atoms with E-state index in [9.17, 15) is 13.2 Å². The molecule has 0 aliphatic carbocycles. The van der Waals surface area contributed by atoms with E-state index in [1.807, 2.05) is 30.3 Å². The van der Waals surface area contributed by atoms with E-state index in [1.165, 1.54) is 0 Å². The number of hydrogen-bond acceptors (Lipinski definition) is 2. The molecule has 0 bridgehead atoms. The Morgan fingerprint density at radius 3 is 2.39 bits per heavy atom. The largest absolute Gasteiger partial charge is 0.411 e. The molecule has 0 heterocycles. The van der Waals surface area contributed by atoms with Crippen molar-refractivity contribution >= 4 is 0 Å². The summed E-state index contributed by atoms with van der Waals surface area (Å²) in [6.45, 7) is -1.27. The second kappa shape index (κ2) is 7.38. The molecule has 0 fully saturated rings. The van der Waals surface area contributed by atoms with Crippen molar-refractivity contribution in [1.29, 1.82) is 0 Å². The van der Waals surface area contributed by atoms with Gasteiger partial charge in [-0.2, -0.15) is 13.2 Å². The number of hydrogen-bond donors (Lipinski definition) is 1. The number of ether oxygens (including phenoxy) is 1. The van der Waals surface area contributed by atoms with Gasteiger partial charge in [0.05, 0.1) is 0 Å².